The summed E-state index contributed by atoms with van der Waals surface area (Å²) in [5.74, 6) is 1.52. The molecule has 0 amide bonds. The van der Waals surface area contributed by atoms with Gasteiger partial charge in [-0.15, -0.1) is 0 Å². The molecule has 2 aromatic rings. The number of nitrogens with zero attached hydrogens (tertiary/aromatic N) is 2. The molecule has 2 unspecified atom stereocenters. The normalized spacial score (nSPS) is 13.2. The topological polar surface area (TPSA) is 58.9 Å². The van der Waals surface area contributed by atoms with Crippen molar-refractivity contribution < 1.29 is 62.6 Å². The minimum atomic E-state index is -0.489. The first-order valence-electron chi connectivity index (χ1n) is 13.8. The molecule has 2 N–H and O–H groups in total. The third kappa shape index (κ3) is 10.8. The van der Waals surface area contributed by atoms with Crippen molar-refractivity contribution in [3.05, 3.63) is 48.5 Å². The predicted octanol–water partition coefficient (Wildman–Crippen LogP) is -1.41. The van der Waals surface area contributed by atoms with Crippen molar-refractivity contribution in [1.29, 1.82) is 0 Å². The molecule has 2 aromatic carbocycles. The second kappa shape index (κ2) is 18.2. The fourth-order valence-corrected chi connectivity index (χ4v) is 4.99. The molecule has 0 spiro atoms. The van der Waals surface area contributed by atoms with Crippen molar-refractivity contribution in [1.82, 2.24) is 0 Å². The first-order chi connectivity index (χ1) is 17.3. The highest BCUT2D eigenvalue weighted by Gasteiger charge is 2.26. The fourth-order valence-electron chi connectivity index (χ4n) is 4.99. The van der Waals surface area contributed by atoms with Crippen LogP contribution < -0.4 is 43.4 Å². The Morgan fingerprint density at radius 2 is 0.789 bits per heavy atom. The largest absolute Gasteiger partial charge is 1.00 e. The Bertz CT molecular complexity index is 783. The van der Waals surface area contributed by atoms with E-state index in [2.05, 4.69) is 41.5 Å². The van der Waals surface area contributed by atoms with Crippen LogP contribution in [0.5, 0.6) is 11.5 Å². The molecule has 8 heteroatoms. The molecule has 38 heavy (non-hydrogen) atoms. The SMILES string of the molecule is CC[N+](CC)(CC)CC(O)COc1ccc(-c2ccc(OCC(O)C[N+](CC)(CC)CC)cc2)cc1.[Br-].[Br-]. The molecule has 2 rings (SSSR count). The fraction of sp³-hybridized carbons (Fsp3) is 0.600. The van der Waals surface area contributed by atoms with Crippen LogP contribution in [0.3, 0.4) is 0 Å². The third-order valence-electron chi connectivity index (χ3n) is 8.15. The standard InChI is InChI=1S/C30H50N2O4.2BrH/c1-7-31(8-2,9-3)21-27(33)23-35-29-17-13-25(14-18-29)26-15-19-30(20-16-26)36-24-28(34)22-32(10-4,11-5)12-6;;/h13-20,27-28,33-34H,7-12,21-24H2,1-6H3;2*1H/q+2;;/p-2. The summed E-state index contributed by atoms with van der Waals surface area (Å²) in [5, 5.41) is 21.0. The highest BCUT2D eigenvalue weighted by molar-refractivity contribution is 5.64. The Hall–Kier alpha value is -1.16. The summed E-state index contributed by atoms with van der Waals surface area (Å²) in [7, 11) is 0. The lowest BCUT2D eigenvalue weighted by molar-refractivity contribution is -0.926. The van der Waals surface area contributed by atoms with Gasteiger partial charge >= 0.3 is 0 Å². The predicted molar refractivity (Wildman–Crippen MR) is 148 cm³/mol. The van der Waals surface area contributed by atoms with Gasteiger partial charge in [0, 0.05) is 0 Å². The number of hydrogen-bond acceptors (Lipinski definition) is 4. The van der Waals surface area contributed by atoms with E-state index in [4.69, 9.17) is 9.47 Å². The minimum absolute atomic E-state index is 0. The Labute approximate surface area is 252 Å². The number of rotatable bonds is 17. The molecule has 0 fully saturated rings. The second-order valence-corrected chi connectivity index (χ2v) is 9.92. The van der Waals surface area contributed by atoms with Gasteiger partial charge in [-0.05, 0) is 76.9 Å². The number of ether oxygens (including phenoxy) is 2. The molecule has 6 nitrogen and oxygen atoms in total. The maximum Gasteiger partial charge on any atom is 0.137 e. The van der Waals surface area contributed by atoms with Gasteiger partial charge in [-0.25, -0.2) is 0 Å². The molecule has 218 valence electrons. The highest BCUT2D eigenvalue weighted by Crippen LogP contribution is 2.25. The molecule has 0 bridgehead atoms. The minimum Gasteiger partial charge on any atom is -1.00 e. The summed E-state index contributed by atoms with van der Waals surface area (Å²) in [4.78, 5) is 0. The summed E-state index contributed by atoms with van der Waals surface area (Å²) in [6, 6.07) is 15.9. The van der Waals surface area contributed by atoms with Crippen molar-refractivity contribution in [2.75, 3.05) is 65.6 Å². The molecule has 0 saturated heterocycles. The van der Waals surface area contributed by atoms with Crippen molar-refractivity contribution >= 4 is 0 Å². The quantitative estimate of drug-likeness (QED) is 0.205. The number of aliphatic hydroxyl groups excluding tert-OH is 2. The van der Waals surface area contributed by atoms with Crippen LogP contribution in [0.4, 0.5) is 0 Å². The zero-order valence-corrected chi connectivity index (χ0v) is 27.4. The van der Waals surface area contributed by atoms with Crippen LogP contribution in [0.1, 0.15) is 41.5 Å². The van der Waals surface area contributed by atoms with E-state index in [1.165, 1.54) is 0 Å². The zero-order chi connectivity index (χ0) is 26.6. The van der Waals surface area contributed by atoms with Gasteiger partial charge in [-0.3, -0.25) is 0 Å². The molecular formula is C30H50Br2N2O4. The van der Waals surface area contributed by atoms with Gasteiger partial charge in [0.2, 0.25) is 0 Å². The van der Waals surface area contributed by atoms with Crippen molar-refractivity contribution in [2.45, 2.75) is 53.8 Å². The van der Waals surface area contributed by atoms with E-state index in [0.717, 1.165) is 70.9 Å². The Morgan fingerprint density at radius 1 is 0.526 bits per heavy atom. The maximum absolute atomic E-state index is 10.5. The third-order valence-corrected chi connectivity index (χ3v) is 8.15. The van der Waals surface area contributed by atoms with Gasteiger partial charge in [0.1, 0.15) is 50.0 Å². The Morgan fingerprint density at radius 3 is 1.03 bits per heavy atom. The summed E-state index contributed by atoms with van der Waals surface area (Å²) in [6.07, 6.45) is -0.978. The van der Waals surface area contributed by atoms with Gasteiger partial charge in [0.25, 0.3) is 0 Å². The average molecular weight is 663 g/mol. The van der Waals surface area contributed by atoms with Crippen LogP contribution in [0, 0.1) is 0 Å². The monoisotopic (exact) mass is 660 g/mol. The van der Waals surface area contributed by atoms with Crippen LogP contribution >= 0.6 is 0 Å². The Balaban J connectivity index is 0.00000684. The average Bonchev–Trinajstić information content (AvgIpc) is 2.93. The van der Waals surface area contributed by atoms with Crippen LogP contribution in [0.15, 0.2) is 48.5 Å². The van der Waals surface area contributed by atoms with Crippen LogP contribution in [0.25, 0.3) is 11.1 Å². The van der Waals surface area contributed by atoms with E-state index >= 15 is 0 Å². The van der Waals surface area contributed by atoms with Gasteiger partial charge < -0.3 is 62.6 Å². The van der Waals surface area contributed by atoms with Crippen molar-refractivity contribution in [3.63, 3.8) is 0 Å². The van der Waals surface area contributed by atoms with E-state index in [0.29, 0.717) is 26.3 Å². The number of likely N-dealkylation sites (N-methyl/N-ethyl adjacent to an activating group) is 2. The lowest BCUT2D eigenvalue weighted by Crippen LogP contribution is -3.00. The number of benzene rings is 2. The molecule has 0 heterocycles. The number of quaternary nitrogens is 2. The lowest BCUT2D eigenvalue weighted by atomic mass is 10.1. The summed E-state index contributed by atoms with van der Waals surface area (Å²) in [5.41, 5.74) is 2.17. The molecule has 0 saturated carbocycles. The van der Waals surface area contributed by atoms with Crippen LogP contribution in [-0.2, 0) is 0 Å². The summed E-state index contributed by atoms with van der Waals surface area (Å²) in [6.45, 7) is 21.2. The van der Waals surface area contributed by atoms with Crippen LogP contribution in [-0.4, -0.2) is 97.0 Å². The second-order valence-electron chi connectivity index (χ2n) is 9.92. The van der Waals surface area contributed by atoms with E-state index in [1.54, 1.807) is 0 Å². The van der Waals surface area contributed by atoms with Crippen molar-refractivity contribution in [2.24, 2.45) is 0 Å². The number of halogens is 2. The van der Waals surface area contributed by atoms with E-state index in [1.807, 2.05) is 48.5 Å². The van der Waals surface area contributed by atoms with Gasteiger partial charge in [0.15, 0.2) is 0 Å². The molecular weight excluding hydrogens is 612 g/mol. The molecule has 2 atom stereocenters. The summed E-state index contributed by atoms with van der Waals surface area (Å²) >= 11 is 0. The Kier molecular flexibility index (Phi) is 17.7. The molecule has 0 radical (unpaired) electrons. The van der Waals surface area contributed by atoms with E-state index in [9.17, 15) is 10.2 Å². The van der Waals surface area contributed by atoms with Gasteiger partial charge in [-0.1, -0.05) is 24.3 Å². The molecule has 0 aliphatic rings. The van der Waals surface area contributed by atoms with Gasteiger partial charge in [0.05, 0.1) is 39.3 Å². The highest BCUT2D eigenvalue weighted by atomic mass is 79.9. The molecule has 0 aromatic heterocycles. The van der Waals surface area contributed by atoms with E-state index in [-0.39, 0.29) is 34.0 Å². The number of aliphatic hydroxyl groups is 2. The first kappa shape index (κ1) is 36.8. The number of hydrogen-bond donors (Lipinski definition) is 2. The van der Waals surface area contributed by atoms with Gasteiger partial charge in [-0.2, -0.15) is 0 Å². The molecule has 0 aliphatic heterocycles. The lowest BCUT2D eigenvalue weighted by Gasteiger charge is -2.37. The zero-order valence-electron chi connectivity index (χ0n) is 24.2. The summed E-state index contributed by atoms with van der Waals surface area (Å²) < 4.78 is 13.5. The molecule has 0 aliphatic carbocycles. The van der Waals surface area contributed by atoms with Crippen molar-refractivity contribution in [3.8, 4) is 22.6 Å². The van der Waals surface area contributed by atoms with Crippen LogP contribution in [0.2, 0.25) is 0 Å². The maximum atomic E-state index is 10.5. The first-order valence-corrected chi connectivity index (χ1v) is 13.8. The smallest absolute Gasteiger partial charge is 0.137 e. The van der Waals surface area contributed by atoms with E-state index < -0.39 is 12.2 Å².